The maximum atomic E-state index is 12.6. The highest BCUT2D eigenvalue weighted by Crippen LogP contribution is 2.17. The summed E-state index contributed by atoms with van der Waals surface area (Å²) < 4.78 is 0. The average molecular weight is 310 g/mol. The van der Waals surface area contributed by atoms with Gasteiger partial charge < -0.3 is 10.2 Å². The first-order valence-corrected chi connectivity index (χ1v) is 8.12. The fraction of sp³-hybridized carbons (Fsp3) is 0.389. The van der Waals surface area contributed by atoms with E-state index in [-0.39, 0.29) is 5.91 Å². The van der Waals surface area contributed by atoms with Crippen LogP contribution < -0.4 is 5.32 Å². The number of hydrogen-bond acceptors (Lipinski definition) is 4. The minimum Gasteiger partial charge on any atom is -0.350 e. The number of anilines is 1. The monoisotopic (exact) mass is 310 g/mol. The topological polar surface area (TPSA) is 58.1 Å². The number of nitrogens with zero attached hydrogens (tertiary/aromatic N) is 3. The van der Waals surface area contributed by atoms with Gasteiger partial charge in [-0.25, -0.2) is 9.97 Å². The molecule has 0 saturated carbocycles. The molecule has 2 heterocycles. The second kappa shape index (κ2) is 7.22. The van der Waals surface area contributed by atoms with Crippen LogP contribution in [0, 0.1) is 5.92 Å². The summed E-state index contributed by atoms with van der Waals surface area (Å²) in [5.74, 6) is 1.05. The molecule has 1 amide bonds. The minimum absolute atomic E-state index is 0.00158. The van der Waals surface area contributed by atoms with Crippen LogP contribution in [0.2, 0.25) is 0 Å². The normalized spacial score (nSPS) is 17.8. The molecule has 0 aliphatic carbocycles. The maximum absolute atomic E-state index is 12.6. The van der Waals surface area contributed by atoms with E-state index in [1.807, 2.05) is 35.2 Å². The van der Waals surface area contributed by atoms with Gasteiger partial charge in [0.15, 0.2) is 0 Å². The Kier molecular flexibility index (Phi) is 4.86. The van der Waals surface area contributed by atoms with Crippen LogP contribution in [0.1, 0.15) is 35.8 Å². The minimum atomic E-state index is 0.00158. The van der Waals surface area contributed by atoms with Gasteiger partial charge in [0.05, 0.1) is 0 Å². The molecule has 1 aliphatic rings. The van der Waals surface area contributed by atoms with Crippen molar-refractivity contribution < 1.29 is 4.79 Å². The van der Waals surface area contributed by atoms with Crippen molar-refractivity contribution in [3.05, 3.63) is 53.9 Å². The Balaban J connectivity index is 1.66. The molecule has 3 rings (SSSR count). The Morgan fingerprint density at radius 2 is 2.13 bits per heavy atom. The zero-order chi connectivity index (χ0) is 16.1. The fourth-order valence-corrected chi connectivity index (χ4v) is 2.88. The molecule has 1 N–H and O–H groups in total. The molecule has 5 heteroatoms. The molecule has 1 unspecified atom stereocenters. The Morgan fingerprint density at radius 3 is 2.91 bits per heavy atom. The standard InChI is InChI=1S/C18H22N4O/c1-14-6-5-11-22(13-14)17(23)16-9-10-19-18(21-16)20-12-15-7-3-2-4-8-15/h2-4,7-10,14H,5-6,11-13H2,1H3,(H,19,20,21). The first kappa shape index (κ1) is 15.5. The summed E-state index contributed by atoms with van der Waals surface area (Å²) in [5, 5.41) is 3.17. The van der Waals surface area contributed by atoms with Crippen molar-refractivity contribution in [2.24, 2.45) is 5.92 Å². The van der Waals surface area contributed by atoms with E-state index in [0.29, 0.717) is 24.1 Å². The highest BCUT2D eigenvalue weighted by atomic mass is 16.2. The molecule has 23 heavy (non-hydrogen) atoms. The Hall–Kier alpha value is -2.43. The SMILES string of the molecule is CC1CCCN(C(=O)c2ccnc(NCc3ccccc3)n2)C1. The largest absolute Gasteiger partial charge is 0.350 e. The molecule has 2 aromatic rings. The molecule has 0 bridgehead atoms. The number of amides is 1. The lowest BCUT2D eigenvalue weighted by atomic mass is 10.00. The van der Waals surface area contributed by atoms with E-state index in [1.54, 1.807) is 12.3 Å². The van der Waals surface area contributed by atoms with Crippen LogP contribution in [0.15, 0.2) is 42.6 Å². The lowest BCUT2D eigenvalue weighted by Gasteiger charge is -2.30. The van der Waals surface area contributed by atoms with E-state index >= 15 is 0 Å². The van der Waals surface area contributed by atoms with Gasteiger partial charge in [0.1, 0.15) is 5.69 Å². The summed E-state index contributed by atoms with van der Waals surface area (Å²) in [7, 11) is 0. The highest BCUT2D eigenvalue weighted by molar-refractivity contribution is 5.92. The number of nitrogens with one attached hydrogen (secondary N) is 1. The third-order valence-electron chi connectivity index (χ3n) is 4.11. The molecule has 1 saturated heterocycles. The molecular formula is C18H22N4O. The molecular weight excluding hydrogens is 288 g/mol. The van der Waals surface area contributed by atoms with Crippen LogP contribution >= 0.6 is 0 Å². The second-order valence-electron chi connectivity index (χ2n) is 6.10. The Morgan fingerprint density at radius 1 is 1.30 bits per heavy atom. The van der Waals surface area contributed by atoms with Gasteiger partial charge in [-0.15, -0.1) is 0 Å². The predicted molar refractivity (Wildman–Crippen MR) is 90.1 cm³/mol. The number of piperidine rings is 1. The van der Waals surface area contributed by atoms with Crippen molar-refractivity contribution in [2.45, 2.75) is 26.3 Å². The highest BCUT2D eigenvalue weighted by Gasteiger charge is 2.23. The van der Waals surface area contributed by atoms with Gasteiger partial charge in [-0.05, 0) is 30.4 Å². The molecule has 120 valence electrons. The third kappa shape index (κ3) is 4.06. The van der Waals surface area contributed by atoms with Gasteiger partial charge in [-0.2, -0.15) is 0 Å². The van der Waals surface area contributed by atoms with Gasteiger partial charge in [-0.1, -0.05) is 37.3 Å². The Bertz CT molecular complexity index is 659. The summed E-state index contributed by atoms with van der Waals surface area (Å²) in [6.45, 7) is 4.46. The second-order valence-corrected chi connectivity index (χ2v) is 6.10. The van der Waals surface area contributed by atoms with Crippen LogP contribution in [-0.2, 0) is 6.54 Å². The van der Waals surface area contributed by atoms with Gasteiger partial charge >= 0.3 is 0 Å². The van der Waals surface area contributed by atoms with Crippen molar-refractivity contribution in [1.29, 1.82) is 0 Å². The van der Waals surface area contributed by atoms with E-state index in [2.05, 4.69) is 22.2 Å². The lowest BCUT2D eigenvalue weighted by Crippen LogP contribution is -2.39. The molecule has 1 fully saturated rings. The molecule has 1 atom stereocenters. The van der Waals surface area contributed by atoms with E-state index in [9.17, 15) is 4.79 Å². The average Bonchev–Trinajstić information content (AvgIpc) is 2.60. The van der Waals surface area contributed by atoms with Crippen molar-refractivity contribution in [3.8, 4) is 0 Å². The van der Waals surface area contributed by atoms with Gasteiger partial charge in [0.25, 0.3) is 5.91 Å². The summed E-state index contributed by atoms with van der Waals surface area (Å²) in [6, 6.07) is 11.7. The quantitative estimate of drug-likeness (QED) is 0.943. The van der Waals surface area contributed by atoms with Gasteiger partial charge in [0.2, 0.25) is 5.95 Å². The predicted octanol–water partition coefficient (Wildman–Crippen LogP) is 2.96. The van der Waals surface area contributed by atoms with Crippen LogP contribution in [-0.4, -0.2) is 33.9 Å². The fourth-order valence-electron chi connectivity index (χ4n) is 2.88. The number of carbonyl (C=O) groups is 1. The maximum Gasteiger partial charge on any atom is 0.272 e. The number of rotatable bonds is 4. The van der Waals surface area contributed by atoms with Crippen molar-refractivity contribution in [2.75, 3.05) is 18.4 Å². The summed E-state index contributed by atoms with van der Waals surface area (Å²) in [6.07, 6.45) is 3.90. The number of hydrogen-bond donors (Lipinski definition) is 1. The van der Waals surface area contributed by atoms with Crippen molar-refractivity contribution >= 4 is 11.9 Å². The van der Waals surface area contributed by atoms with Crippen LogP contribution in [0.3, 0.4) is 0 Å². The zero-order valence-electron chi connectivity index (χ0n) is 13.4. The molecule has 1 aliphatic heterocycles. The number of likely N-dealkylation sites (tertiary alicyclic amines) is 1. The Labute approximate surface area is 136 Å². The molecule has 0 radical (unpaired) electrons. The van der Waals surface area contributed by atoms with E-state index in [4.69, 9.17) is 0 Å². The van der Waals surface area contributed by atoms with Gasteiger partial charge in [0, 0.05) is 25.8 Å². The van der Waals surface area contributed by atoms with Crippen molar-refractivity contribution in [3.63, 3.8) is 0 Å². The molecule has 0 spiro atoms. The number of aromatic nitrogens is 2. The van der Waals surface area contributed by atoms with E-state index in [1.165, 1.54) is 6.42 Å². The number of carbonyl (C=O) groups excluding carboxylic acids is 1. The summed E-state index contributed by atoms with van der Waals surface area (Å²) in [5.41, 5.74) is 1.61. The lowest BCUT2D eigenvalue weighted by molar-refractivity contribution is 0.0677. The molecule has 5 nitrogen and oxygen atoms in total. The van der Waals surface area contributed by atoms with Crippen LogP contribution in [0.5, 0.6) is 0 Å². The molecule has 1 aromatic heterocycles. The van der Waals surface area contributed by atoms with Crippen molar-refractivity contribution in [1.82, 2.24) is 14.9 Å². The smallest absolute Gasteiger partial charge is 0.272 e. The summed E-state index contributed by atoms with van der Waals surface area (Å²) >= 11 is 0. The first-order chi connectivity index (χ1) is 11.2. The zero-order valence-corrected chi connectivity index (χ0v) is 13.4. The van der Waals surface area contributed by atoms with E-state index in [0.717, 1.165) is 25.1 Å². The van der Waals surface area contributed by atoms with Gasteiger partial charge in [-0.3, -0.25) is 4.79 Å². The third-order valence-corrected chi connectivity index (χ3v) is 4.11. The van der Waals surface area contributed by atoms with Crippen LogP contribution in [0.4, 0.5) is 5.95 Å². The molecule has 1 aromatic carbocycles. The first-order valence-electron chi connectivity index (χ1n) is 8.12. The van der Waals surface area contributed by atoms with E-state index < -0.39 is 0 Å². The summed E-state index contributed by atoms with van der Waals surface area (Å²) in [4.78, 5) is 23.1. The van der Waals surface area contributed by atoms with Crippen LogP contribution in [0.25, 0.3) is 0 Å². The number of benzene rings is 1.